The van der Waals surface area contributed by atoms with Gasteiger partial charge in [-0.3, -0.25) is 14.3 Å². The van der Waals surface area contributed by atoms with Gasteiger partial charge < -0.3 is 19.7 Å². The molecule has 1 aromatic heterocycles. The third-order valence-corrected chi connectivity index (χ3v) is 12.0. The van der Waals surface area contributed by atoms with Crippen molar-refractivity contribution in [1.29, 1.82) is 0 Å². The molecule has 12 nitrogen and oxygen atoms in total. The van der Waals surface area contributed by atoms with E-state index in [9.17, 15) is 22.8 Å². The van der Waals surface area contributed by atoms with Crippen LogP contribution < -0.4 is 19.5 Å². The van der Waals surface area contributed by atoms with E-state index in [0.29, 0.717) is 47.0 Å². The Morgan fingerprint density at radius 2 is 1.84 bits per heavy atom. The molecule has 2 heterocycles. The summed E-state index contributed by atoms with van der Waals surface area (Å²) in [4.78, 5) is 51.0. The molecule has 2 aromatic carbocycles. The van der Waals surface area contributed by atoms with E-state index in [0.717, 1.165) is 10.3 Å². The number of nitrogens with zero attached hydrogens (tertiary/aromatic N) is 3. The van der Waals surface area contributed by atoms with Gasteiger partial charge in [-0.1, -0.05) is 56.6 Å². The van der Waals surface area contributed by atoms with E-state index in [-0.39, 0.29) is 13.0 Å². The zero-order valence-electron chi connectivity index (χ0n) is 29.4. The van der Waals surface area contributed by atoms with Crippen molar-refractivity contribution in [2.45, 2.75) is 82.4 Å². The molecule has 1 aliphatic heterocycles. The second kappa shape index (κ2) is 13.6. The van der Waals surface area contributed by atoms with E-state index in [2.05, 4.69) is 21.6 Å². The first kappa shape index (κ1) is 36.4. The maximum Gasteiger partial charge on any atom is 0.328 e. The van der Waals surface area contributed by atoms with Crippen molar-refractivity contribution in [3.63, 3.8) is 0 Å². The molecule has 3 fully saturated rings. The van der Waals surface area contributed by atoms with Crippen LogP contribution in [0.25, 0.3) is 10.8 Å². The highest BCUT2D eigenvalue weighted by Crippen LogP contribution is 2.52. The highest BCUT2D eigenvalue weighted by atomic mass is 35.5. The first-order chi connectivity index (χ1) is 24.1. The number of ether oxygens (including phenoxy) is 2. The van der Waals surface area contributed by atoms with Gasteiger partial charge in [-0.05, 0) is 61.9 Å². The summed E-state index contributed by atoms with van der Waals surface area (Å²) < 4.78 is 40.2. The highest BCUT2D eigenvalue weighted by molar-refractivity contribution is 7.91. The summed E-state index contributed by atoms with van der Waals surface area (Å²) in [5, 5.41) is 4.47. The van der Waals surface area contributed by atoms with Crippen LogP contribution in [-0.2, 0) is 19.6 Å². The van der Waals surface area contributed by atoms with Gasteiger partial charge in [0.1, 0.15) is 23.4 Å². The maximum absolute atomic E-state index is 15.0. The number of anilines is 1. The number of sulfonamides is 1. The number of benzene rings is 2. The summed E-state index contributed by atoms with van der Waals surface area (Å²) in [6.07, 6.45) is 3.83. The van der Waals surface area contributed by atoms with Gasteiger partial charge >= 0.3 is 6.03 Å². The Kier molecular flexibility index (Phi) is 9.75. The number of likely N-dealkylation sites (tertiary alicyclic amines) is 1. The van der Waals surface area contributed by atoms with E-state index < -0.39 is 68.2 Å². The minimum Gasteiger partial charge on any atom is -0.494 e. The van der Waals surface area contributed by atoms with E-state index in [1.165, 1.54) is 11.0 Å². The number of hydrogen-bond acceptors (Lipinski definition) is 9. The summed E-state index contributed by atoms with van der Waals surface area (Å²) in [7, 11) is -2.45. The van der Waals surface area contributed by atoms with E-state index in [1.54, 1.807) is 37.6 Å². The average molecular weight is 738 g/mol. The van der Waals surface area contributed by atoms with Crippen molar-refractivity contribution in [3.8, 4) is 11.6 Å². The number of pyridine rings is 1. The Bertz CT molecular complexity index is 1970. The summed E-state index contributed by atoms with van der Waals surface area (Å²) >= 11 is 6.33. The SMILES string of the molecule is C=C[C@@H]1C[C@@]1(C(=O)NS(=O)(=O)C1CC1)N(C(=O)[C@H](Nc1ccccc1)C(C)(C)C)C(=O)N1C[C@H](Oc2ncc(OC)c3ccc(Cl)cc23)CC1C. The van der Waals surface area contributed by atoms with Crippen LogP contribution in [0.15, 0.2) is 67.4 Å². The zero-order valence-corrected chi connectivity index (χ0v) is 31.0. The number of urea groups is 1. The quantitative estimate of drug-likeness (QED) is 0.234. The number of aromatic nitrogens is 1. The molecule has 2 N–H and O–H groups in total. The molecule has 5 atom stereocenters. The number of rotatable bonds is 11. The number of hydrogen-bond donors (Lipinski definition) is 2. The fourth-order valence-corrected chi connectivity index (χ4v) is 8.37. The largest absolute Gasteiger partial charge is 0.494 e. The lowest BCUT2D eigenvalue weighted by Crippen LogP contribution is -2.64. The van der Waals surface area contributed by atoms with Gasteiger partial charge in [0.2, 0.25) is 15.9 Å². The molecular weight excluding hydrogens is 694 g/mol. The number of carbonyl (C=O) groups is 3. The van der Waals surface area contributed by atoms with Crippen LogP contribution in [0, 0.1) is 11.3 Å². The number of para-hydroxylation sites is 1. The Labute approximate surface area is 303 Å². The lowest BCUT2D eigenvalue weighted by molar-refractivity contribution is -0.141. The smallest absolute Gasteiger partial charge is 0.328 e. The number of imide groups is 1. The second-order valence-electron chi connectivity index (χ2n) is 14.7. The third kappa shape index (κ3) is 7.10. The topological polar surface area (TPSA) is 147 Å². The molecule has 51 heavy (non-hydrogen) atoms. The Morgan fingerprint density at radius 3 is 2.45 bits per heavy atom. The van der Waals surface area contributed by atoms with Crippen molar-refractivity contribution >= 4 is 55.9 Å². The van der Waals surface area contributed by atoms with Gasteiger partial charge in [0.05, 0.1) is 25.1 Å². The van der Waals surface area contributed by atoms with Crippen molar-refractivity contribution in [1.82, 2.24) is 19.5 Å². The summed E-state index contributed by atoms with van der Waals surface area (Å²) in [5.41, 5.74) is -1.90. The Balaban J connectivity index is 1.36. The van der Waals surface area contributed by atoms with Crippen LogP contribution in [0.1, 0.15) is 53.4 Å². The van der Waals surface area contributed by atoms with Gasteiger partial charge in [0.15, 0.2) is 0 Å². The predicted molar refractivity (Wildman–Crippen MR) is 195 cm³/mol. The summed E-state index contributed by atoms with van der Waals surface area (Å²) in [5.74, 6) is -1.39. The van der Waals surface area contributed by atoms with Gasteiger partial charge in [0.25, 0.3) is 11.8 Å². The van der Waals surface area contributed by atoms with Gasteiger partial charge in [0, 0.05) is 39.9 Å². The third-order valence-electron chi connectivity index (χ3n) is 9.93. The van der Waals surface area contributed by atoms with Crippen LogP contribution in [0.5, 0.6) is 11.6 Å². The second-order valence-corrected chi connectivity index (χ2v) is 17.1. The summed E-state index contributed by atoms with van der Waals surface area (Å²) in [6, 6.07) is 12.3. The first-order valence-corrected chi connectivity index (χ1v) is 19.0. The lowest BCUT2D eigenvalue weighted by atomic mass is 9.85. The first-order valence-electron chi connectivity index (χ1n) is 17.0. The lowest BCUT2D eigenvalue weighted by Gasteiger charge is -2.40. The van der Waals surface area contributed by atoms with Crippen molar-refractivity contribution in [2.75, 3.05) is 19.0 Å². The fourth-order valence-electron chi connectivity index (χ4n) is 6.84. The molecule has 1 unspecified atom stereocenters. The van der Waals surface area contributed by atoms with Crippen molar-refractivity contribution in [3.05, 3.63) is 72.4 Å². The van der Waals surface area contributed by atoms with E-state index in [1.807, 2.05) is 52.0 Å². The summed E-state index contributed by atoms with van der Waals surface area (Å²) in [6.45, 7) is 11.4. The molecule has 3 aliphatic rings. The monoisotopic (exact) mass is 737 g/mol. The molecule has 2 saturated carbocycles. The number of amides is 4. The number of fused-ring (bicyclic) bond motifs is 1. The van der Waals surface area contributed by atoms with Gasteiger partial charge in [-0.25, -0.2) is 23.1 Å². The van der Waals surface area contributed by atoms with E-state index in [4.69, 9.17) is 21.1 Å². The molecule has 6 rings (SSSR count). The molecule has 4 amide bonds. The molecule has 0 spiro atoms. The highest BCUT2D eigenvalue weighted by Gasteiger charge is 2.68. The van der Waals surface area contributed by atoms with Crippen LogP contribution >= 0.6 is 11.6 Å². The number of methoxy groups -OCH3 is 1. The average Bonchev–Trinajstić information content (AvgIpc) is 4.01. The molecule has 14 heteroatoms. The van der Waals surface area contributed by atoms with Crippen LogP contribution in [-0.4, -0.2) is 83.7 Å². The normalized spacial score (nSPS) is 23.6. The van der Waals surface area contributed by atoms with Gasteiger partial charge in [-0.2, -0.15) is 0 Å². The molecule has 0 bridgehead atoms. The standard InChI is InChI=1S/C37H44ClN5O7S/c1-7-23-19-37(23,34(45)41-51(47,48)27-14-15-27)43(33(44)31(36(3,4)5)40-25-11-9-8-10-12-25)35(46)42-21-26(17-22(42)2)50-32-29-18-24(38)13-16-28(29)30(49-6)20-39-32/h7-13,16,18,20,22-23,26-27,31,40H,1,14-15,17,19,21H2,2-6H3,(H,41,45)/t22?,23-,26-,31+,37-/m1/s1. The minimum absolute atomic E-state index is 0.0346. The van der Waals surface area contributed by atoms with E-state index >= 15 is 0 Å². The van der Waals surface area contributed by atoms with Crippen molar-refractivity contribution < 1.29 is 32.3 Å². The van der Waals surface area contributed by atoms with Crippen LogP contribution in [0.3, 0.4) is 0 Å². The molecular formula is C37H44ClN5O7S. The molecule has 3 aromatic rings. The molecule has 1 saturated heterocycles. The predicted octanol–water partition coefficient (Wildman–Crippen LogP) is 5.77. The number of carbonyl (C=O) groups excluding carboxylic acids is 3. The van der Waals surface area contributed by atoms with Crippen molar-refractivity contribution in [2.24, 2.45) is 11.3 Å². The van der Waals surface area contributed by atoms with Gasteiger partial charge in [-0.15, -0.1) is 6.58 Å². The zero-order chi connectivity index (χ0) is 36.9. The minimum atomic E-state index is -4.00. The maximum atomic E-state index is 15.0. The number of nitrogens with one attached hydrogen (secondary N) is 2. The molecule has 0 radical (unpaired) electrons. The Morgan fingerprint density at radius 1 is 1.14 bits per heavy atom. The van der Waals surface area contributed by atoms with Crippen LogP contribution in [0.4, 0.5) is 10.5 Å². The molecule has 272 valence electrons. The van der Waals surface area contributed by atoms with Crippen LogP contribution in [0.2, 0.25) is 5.02 Å². The Hall–Kier alpha value is -4.36. The fraction of sp³-hybridized carbons (Fsp3) is 0.459. The molecule has 2 aliphatic carbocycles. The number of halogens is 1.